The first-order valence-corrected chi connectivity index (χ1v) is 9.57. The highest BCUT2D eigenvalue weighted by Crippen LogP contribution is 2.31. The fraction of sp³-hybridized carbons (Fsp3) is 0.789. The summed E-state index contributed by atoms with van der Waals surface area (Å²) in [6.07, 6.45) is 5.39. The van der Waals surface area contributed by atoms with Crippen molar-refractivity contribution in [2.24, 2.45) is 0 Å². The lowest BCUT2D eigenvalue weighted by atomic mass is 10.0. The van der Waals surface area contributed by atoms with E-state index in [-0.39, 0.29) is 6.04 Å². The first-order chi connectivity index (χ1) is 11.5. The molecule has 5 heteroatoms. The topological polar surface area (TPSA) is 41.4 Å². The quantitative estimate of drug-likeness (QED) is 0.832. The highest BCUT2D eigenvalue weighted by molar-refractivity contribution is 5.77. The molecule has 3 heterocycles. The minimum Gasteiger partial charge on any atom is -0.338 e. The Labute approximate surface area is 146 Å². The minimum atomic E-state index is 0.123. The number of rotatable bonds is 5. The lowest BCUT2D eigenvalue weighted by Crippen LogP contribution is -2.48. The molecule has 2 aliphatic heterocycles. The second-order valence-electron chi connectivity index (χ2n) is 7.56. The summed E-state index contributed by atoms with van der Waals surface area (Å²) >= 11 is 0. The largest absolute Gasteiger partial charge is 0.338 e. The number of nitrogens with zero attached hydrogens (tertiary/aromatic N) is 4. The maximum absolute atomic E-state index is 13.0. The molecule has 1 amide bonds. The molecule has 134 valence electrons. The molecule has 0 aliphatic carbocycles. The molecule has 3 rings (SSSR count). The van der Waals surface area contributed by atoms with Crippen LogP contribution in [0.4, 0.5) is 0 Å². The average Bonchev–Trinajstić information content (AvgIpc) is 3.24. The number of carbonyl (C=O) groups excluding carboxylic acids is 1. The number of aryl methyl sites for hydroxylation is 2. The van der Waals surface area contributed by atoms with Crippen LogP contribution in [0.3, 0.4) is 0 Å². The molecule has 1 aromatic rings. The van der Waals surface area contributed by atoms with Crippen molar-refractivity contribution >= 4 is 5.91 Å². The molecule has 24 heavy (non-hydrogen) atoms. The van der Waals surface area contributed by atoms with Crippen molar-refractivity contribution in [3.63, 3.8) is 0 Å². The van der Waals surface area contributed by atoms with Gasteiger partial charge in [-0.2, -0.15) is 5.10 Å². The summed E-state index contributed by atoms with van der Waals surface area (Å²) in [4.78, 5) is 17.7. The average molecular weight is 332 g/mol. The Morgan fingerprint density at radius 2 is 1.96 bits per heavy atom. The summed E-state index contributed by atoms with van der Waals surface area (Å²) < 4.78 is 2.01. The van der Waals surface area contributed by atoms with Gasteiger partial charge in [-0.05, 0) is 65.6 Å². The number of likely N-dealkylation sites (N-methyl/N-ethyl adjacent to an activating group) is 1. The number of carbonyl (C=O) groups is 1. The zero-order valence-corrected chi connectivity index (χ0v) is 15.7. The van der Waals surface area contributed by atoms with E-state index in [1.54, 1.807) is 0 Å². The Hall–Kier alpha value is -1.36. The van der Waals surface area contributed by atoms with Crippen LogP contribution in [0, 0.1) is 13.8 Å². The molecule has 3 unspecified atom stereocenters. The van der Waals surface area contributed by atoms with Crippen molar-refractivity contribution in [2.75, 3.05) is 19.6 Å². The summed E-state index contributed by atoms with van der Waals surface area (Å²) in [7, 11) is 0. The van der Waals surface area contributed by atoms with E-state index in [0.717, 1.165) is 30.9 Å². The number of hydrogen-bond acceptors (Lipinski definition) is 3. The molecule has 0 saturated carbocycles. The number of likely N-dealkylation sites (tertiary alicyclic amines) is 2. The van der Waals surface area contributed by atoms with Crippen molar-refractivity contribution < 1.29 is 4.79 Å². The van der Waals surface area contributed by atoms with E-state index in [1.165, 1.54) is 25.8 Å². The second-order valence-corrected chi connectivity index (χ2v) is 7.56. The van der Waals surface area contributed by atoms with Crippen LogP contribution in [0.25, 0.3) is 0 Å². The number of aromatic nitrogens is 2. The van der Waals surface area contributed by atoms with E-state index in [2.05, 4.69) is 41.7 Å². The van der Waals surface area contributed by atoms with E-state index in [1.807, 2.05) is 11.6 Å². The van der Waals surface area contributed by atoms with Gasteiger partial charge in [-0.1, -0.05) is 6.92 Å². The second kappa shape index (κ2) is 7.26. The van der Waals surface area contributed by atoms with Crippen LogP contribution in [-0.4, -0.2) is 57.2 Å². The summed E-state index contributed by atoms with van der Waals surface area (Å²) in [5.41, 5.74) is 2.16. The fourth-order valence-corrected chi connectivity index (χ4v) is 4.73. The molecule has 2 fully saturated rings. The SMILES string of the molecule is CCN1CCCC1C1CCCN1C(=O)CC(C)n1nc(C)cc1C. The van der Waals surface area contributed by atoms with Crippen LogP contribution in [0.5, 0.6) is 0 Å². The zero-order chi connectivity index (χ0) is 17.3. The molecule has 5 nitrogen and oxygen atoms in total. The first-order valence-electron chi connectivity index (χ1n) is 9.57. The van der Waals surface area contributed by atoms with E-state index >= 15 is 0 Å². The van der Waals surface area contributed by atoms with Gasteiger partial charge in [-0.3, -0.25) is 14.4 Å². The van der Waals surface area contributed by atoms with Gasteiger partial charge in [0.05, 0.1) is 11.7 Å². The fourth-order valence-electron chi connectivity index (χ4n) is 4.73. The van der Waals surface area contributed by atoms with Crippen molar-refractivity contribution in [3.05, 3.63) is 17.5 Å². The molecular formula is C19H32N4O. The molecule has 2 saturated heterocycles. The number of hydrogen-bond donors (Lipinski definition) is 0. The third-order valence-corrected chi connectivity index (χ3v) is 5.82. The zero-order valence-electron chi connectivity index (χ0n) is 15.7. The third kappa shape index (κ3) is 3.37. The molecule has 0 radical (unpaired) electrons. The standard InChI is InChI=1S/C19H32N4O/c1-5-21-10-6-8-17(21)18-9-7-11-22(18)19(24)13-16(4)23-15(3)12-14(2)20-23/h12,16-18H,5-11,13H2,1-4H3. The predicted molar refractivity (Wildman–Crippen MR) is 96.0 cm³/mol. The number of amides is 1. The van der Waals surface area contributed by atoms with Gasteiger partial charge in [0.25, 0.3) is 0 Å². The van der Waals surface area contributed by atoms with E-state index in [0.29, 0.717) is 24.4 Å². The van der Waals surface area contributed by atoms with Crippen LogP contribution in [0.2, 0.25) is 0 Å². The summed E-state index contributed by atoms with van der Waals surface area (Å²) in [5.74, 6) is 0.306. The van der Waals surface area contributed by atoms with Crippen LogP contribution in [0.15, 0.2) is 6.07 Å². The van der Waals surface area contributed by atoms with Crippen LogP contribution in [0.1, 0.15) is 63.4 Å². The third-order valence-electron chi connectivity index (χ3n) is 5.82. The van der Waals surface area contributed by atoms with Crippen molar-refractivity contribution in [1.82, 2.24) is 19.6 Å². The summed E-state index contributed by atoms with van der Waals surface area (Å²) in [5, 5.41) is 4.55. The van der Waals surface area contributed by atoms with Crippen molar-refractivity contribution in [2.45, 2.75) is 77.9 Å². The van der Waals surface area contributed by atoms with E-state index in [4.69, 9.17) is 0 Å². The smallest absolute Gasteiger partial charge is 0.225 e. The van der Waals surface area contributed by atoms with Gasteiger partial charge in [-0.25, -0.2) is 0 Å². The van der Waals surface area contributed by atoms with Crippen molar-refractivity contribution in [3.8, 4) is 0 Å². The van der Waals surface area contributed by atoms with Gasteiger partial charge < -0.3 is 4.90 Å². The van der Waals surface area contributed by atoms with Gasteiger partial charge in [0.1, 0.15) is 0 Å². The molecule has 3 atom stereocenters. The van der Waals surface area contributed by atoms with Crippen LogP contribution in [-0.2, 0) is 4.79 Å². The van der Waals surface area contributed by atoms with Gasteiger partial charge in [0.15, 0.2) is 0 Å². The molecule has 0 spiro atoms. The molecule has 0 bridgehead atoms. The Morgan fingerprint density at radius 1 is 1.25 bits per heavy atom. The Kier molecular flexibility index (Phi) is 5.28. The normalized spacial score (nSPS) is 26.2. The molecular weight excluding hydrogens is 300 g/mol. The Balaban J connectivity index is 1.66. The molecule has 0 N–H and O–H groups in total. The Morgan fingerprint density at radius 3 is 2.62 bits per heavy atom. The minimum absolute atomic E-state index is 0.123. The molecule has 0 aromatic carbocycles. The lowest BCUT2D eigenvalue weighted by molar-refractivity contribution is -0.133. The first kappa shape index (κ1) is 17.5. The maximum atomic E-state index is 13.0. The van der Waals surface area contributed by atoms with Gasteiger partial charge in [-0.15, -0.1) is 0 Å². The monoisotopic (exact) mass is 332 g/mol. The highest BCUT2D eigenvalue weighted by atomic mass is 16.2. The highest BCUT2D eigenvalue weighted by Gasteiger charge is 2.39. The lowest BCUT2D eigenvalue weighted by Gasteiger charge is -2.35. The van der Waals surface area contributed by atoms with Gasteiger partial charge in [0.2, 0.25) is 5.91 Å². The van der Waals surface area contributed by atoms with Crippen LogP contribution >= 0.6 is 0 Å². The Bertz CT molecular complexity index is 582. The maximum Gasteiger partial charge on any atom is 0.225 e. The summed E-state index contributed by atoms with van der Waals surface area (Å²) in [6.45, 7) is 11.7. The summed E-state index contributed by atoms with van der Waals surface area (Å²) in [6, 6.07) is 3.20. The van der Waals surface area contributed by atoms with Crippen molar-refractivity contribution in [1.29, 1.82) is 0 Å². The van der Waals surface area contributed by atoms with Crippen LogP contribution < -0.4 is 0 Å². The van der Waals surface area contributed by atoms with E-state index < -0.39 is 0 Å². The molecule has 2 aliphatic rings. The van der Waals surface area contributed by atoms with Gasteiger partial charge >= 0.3 is 0 Å². The van der Waals surface area contributed by atoms with Gasteiger partial charge in [0, 0.05) is 30.7 Å². The molecule has 1 aromatic heterocycles. The predicted octanol–water partition coefficient (Wildman–Crippen LogP) is 2.93. The van der Waals surface area contributed by atoms with E-state index in [9.17, 15) is 4.79 Å².